The quantitative estimate of drug-likeness (QED) is 0.289. The van der Waals surface area contributed by atoms with E-state index in [4.69, 9.17) is 4.74 Å². The van der Waals surface area contributed by atoms with Gasteiger partial charge in [0.25, 0.3) is 0 Å². The van der Waals surface area contributed by atoms with Crippen molar-refractivity contribution in [2.45, 2.75) is 32.4 Å². The minimum Gasteiger partial charge on any atom is -0.497 e. The van der Waals surface area contributed by atoms with Crippen LogP contribution in [-0.2, 0) is 13.1 Å². The van der Waals surface area contributed by atoms with E-state index in [-0.39, 0.29) is 29.8 Å². The number of nitrogens with zero attached hydrogens (tertiary/aromatic N) is 2. The fourth-order valence-electron chi connectivity index (χ4n) is 3.11. The van der Waals surface area contributed by atoms with Gasteiger partial charge in [-0.1, -0.05) is 25.1 Å². The number of rotatable bonds is 9. The van der Waals surface area contributed by atoms with Crippen LogP contribution < -0.4 is 15.4 Å². The van der Waals surface area contributed by atoms with E-state index in [9.17, 15) is 4.39 Å². The van der Waals surface area contributed by atoms with Gasteiger partial charge in [-0.05, 0) is 61.8 Å². The van der Waals surface area contributed by atoms with E-state index in [1.807, 2.05) is 37.2 Å². The first kappa shape index (κ1) is 26.2. The fraction of sp³-hybridized carbons (Fsp3) is 0.435. The number of halogens is 2. The lowest BCUT2D eigenvalue weighted by Gasteiger charge is -2.16. The van der Waals surface area contributed by atoms with Crippen LogP contribution in [-0.4, -0.2) is 45.7 Å². The average molecular weight is 528 g/mol. The maximum Gasteiger partial charge on any atom is 0.191 e. The van der Waals surface area contributed by atoms with Crippen LogP contribution in [0.5, 0.6) is 5.75 Å². The highest BCUT2D eigenvalue weighted by molar-refractivity contribution is 14.0. The molecular formula is C23H34FIN4O. The Morgan fingerprint density at radius 1 is 1.13 bits per heavy atom. The molecule has 0 aromatic heterocycles. The largest absolute Gasteiger partial charge is 0.497 e. The van der Waals surface area contributed by atoms with E-state index in [1.165, 1.54) is 11.6 Å². The highest BCUT2D eigenvalue weighted by Crippen LogP contribution is 2.21. The number of nitrogens with one attached hydrogen (secondary N) is 2. The molecule has 0 heterocycles. The Labute approximate surface area is 197 Å². The minimum absolute atomic E-state index is 0. The summed E-state index contributed by atoms with van der Waals surface area (Å²) in [7, 11) is 7.30. The number of guanidine groups is 1. The van der Waals surface area contributed by atoms with Gasteiger partial charge in [-0.25, -0.2) is 4.39 Å². The third kappa shape index (κ3) is 8.47. The van der Waals surface area contributed by atoms with Gasteiger partial charge in [-0.15, -0.1) is 24.0 Å². The van der Waals surface area contributed by atoms with Crippen molar-refractivity contribution in [3.8, 4) is 5.75 Å². The smallest absolute Gasteiger partial charge is 0.191 e. The molecule has 0 aliphatic carbocycles. The molecule has 2 aromatic carbocycles. The zero-order chi connectivity index (χ0) is 21.2. The number of ether oxygens (including phenoxy) is 1. The number of methoxy groups -OCH3 is 1. The highest BCUT2D eigenvalue weighted by Gasteiger charge is 2.08. The minimum atomic E-state index is -0.169. The molecule has 166 valence electrons. The Balaban J connectivity index is 0.00000450. The average Bonchev–Trinajstić information content (AvgIpc) is 2.72. The molecule has 0 amide bonds. The Kier molecular flexibility index (Phi) is 11.7. The van der Waals surface area contributed by atoms with Crippen molar-refractivity contribution < 1.29 is 9.13 Å². The van der Waals surface area contributed by atoms with Crippen LogP contribution in [0.1, 0.15) is 36.0 Å². The predicted molar refractivity (Wildman–Crippen MR) is 133 cm³/mol. The van der Waals surface area contributed by atoms with E-state index in [0.29, 0.717) is 24.6 Å². The van der Waals surface area contributed by atoms with Crippen molar-refractivity contribution in [2.75, 3.05) is 34.8 Å². The molecule has 2 rings (SSSR count). The monoisotopic (exact) mass is 528 g/mol. The Bertz CT molecular complexity index is 796. The van der Waals surface area contributed by atoms with Crippen LogP contribution in [0.25, 0.3) is 0 Å². The van der Waals surface area contributed by atoms with Gasteiger partial charge in [0.2, 0.25) is 0 Å². The molecule has 0 saturated heterocycles. The summed E-state index contributed by atoms with van der Waals surface area (Å²) in [5, 5.41) is 6.65. The Morgan fingerprint density at radius 3 is 2.43 bits per heavy atom. The summed E-state index contributed by atoms with van der Waals surface area (Å²) in [6, 6.07) is 13.4. The van der Waals surface area contributed by atoms with Gasteiger partial charge >= 0.3 is 0 Å². The molecule has 0 spiro atoms. The molecule has 7 heteroatoms. The van der Waals surface area contributed by atoms with Crippen LogP contribution in [0.15, 0.2) is 47.5 Å². The van der Waals surface area contributed by atoms with Gasteiger partial charge in [0.05, 0.1) is 7.11 Å². The lowest BCUT2D eigenvalue weighted by Crippen LogP contribution is -2.37. The highest BCUT2D eigenvalue weighted by atomic mass is 127. The SMILES string of the molecule is CN=C(NCCC(C)c1ccc(OC)cc1)NCc1ccc(F)c(CN(C)C)c1.I. The zero-order valence-corrected chi connectivity index (χ0v) is 20.9. The lowest BCUT2D eigenvalue weighted by molar-refractivity contribution is 0.392. The second-order valence-corrected chi connectivity index (χ2v) is 7.48. The molecule has 1 unspecified atom stereocenters. The fourth-order valence-corrected chi connectivity index (χ4v) is 3.11. The van der Waals surface area contributed by atoms with Gasteiger partial charge in [0.15, 0.2) is 5.96 Å². The van der Waals surface area contributed by atoms with E-state index in [2.05, 4.69) is 34.7 Å². The number of aliphatic imine (C=N–C) groups is 1. The van der Waals surface area contributed by atoms with Crippen molar-refractivity contribution in [2.24, 2.45) is 4.99 Å². The normalized spacial score (nSPS) is 12.3. The molecule has 0 aliphatic rings. The van der Waals surface area contributed by atoms with Crippen molar-refractivity contribution in [3.05, 3.63) is 65.0 Å². The molecule has 0 aliphatic heterocycles. The van der Waals surface area contributed by atoms with Crippen LogP contribution in [0, 0.1) is 5.82 Å². The molecule has 1 atom stereocenters. The summed E-state index contributed by atoms with van der Waals surface area (Å²) in [5.74, 6) is 1.87. The summed E-state index contributed by atoms with van der Waals surface area (Å²) >= 11 is 0. The van der Waals surface area contributed by atoms with E-state index < -0.39 is 0 Å². The maximum atomic E-state index is 13.9. The van der Waals surface area contributed by atoms with Crippen LogP contribution in [0.4, 0.5) is 4.39 Å². The van der Waals surface area contributed by atoms with E-state index >= 15 is 0 Å². The van der Waals surface area contributed by atoms with Crippen molar-refractivity contribution in [1.82, 2.24) is 15.5 Å². The summed E-state index contributed by atoms with van der Waals surface area (Å²) < 4.78 is 19.1. The molecule has 0 saturated carbocycles. The molecule has 0 fully saturated rings. The lowest BCUT2D eigenvalue weighted by atomic mass is 9.98. The second kappa shape index (κ2) is 13.4. The molecule has 2 N–H and O–H groups in total. The van der Waals surface area contributed by atoms with Gasteiger partial charge < -0.3 is 20.3 Å². The first-order valence-electron chi connectivity index (χ1n) is 9.93. The summed E-state index contributed by atoms with van der Waals surface area (Å²) in [6.45, 7) is 4.19. The predicted octanol–water partition coefficient (Wildman–Crippen LogP) is 4.37. The number of hydrogen-bond acceptors (Lipinski definition) is 3. The van der Waals surface area contributed by atoms with Crippen molar-refractivity contribution >= 4 is 29.9 Å². The Morgan fingerprint density at radius 2 is 1.83 bits per heavy atom. The first-order chi connectivity index (χ1) is 13.9. The number of benzene rings is 2. The van der Waals surface area contributed by atoms with Gasteiger partial charge in [-0.3, -0.25) is 4.99 Å². The zero-order valence-electron chi connectivity index (χ0n) is 18.5. The summed E-state index contributed by atoms with van der Waals surface area (Å²) in [6.07, 6.45) is 0.983. The van der Waals surface area contributed by atoms with Gasteiger partial charge in [-0.2, -0.15) is 0 Å². The molecule has 0 bridgehead atoms. The van der Waals surface area contributed by atoms with Gasteiger partial charge in [0, 0.05) is 32.2 Å². The topological polar surface area (TPSA) is 48.9 Å². The van der Waals surface area contributed by atoms with Crippen LogP contribution >= 0.6 is 24.0 Å². The molecular weight excluding hydrogens is 494 g/mol. The Hall–Kier alpha value is -1.87. The summed E-state index contributed by atoms with van der Waals surface area (Å²) in [5.41, 5.74) is 3.01. The van der Waals surface area contributed by atoms with E-state index in [0.717, 1.165) is 30.2 Å². The molecule has 30 heavy (non-hydrogen) atoms. The second-order valence-electron chi connectivity index (χ2n) is 7.48. The summed E-state index contributed by atoms with van der Waals surface area (Å²) in [4.78, 5) is 6.24. The molecule has 5 nitrogen and oxygen atoms in total. The van der Waals surface area contributed by atoms with Crippen LogP contribution in [0.3, 0.4) is 0 Å². The van der Waals surface area contributed by atoms with Crippen molar-refractivity contribution in [1.29, 1.82) is 0 Å². The number of hydrogen-bond donors (Lipinski definition) is 2. The maximum absolute atomic E-state index is 13.9. The third-order valence-electron chi connectivity index (χ3n) is 4.83. The van der Waals surface area contributed by atoms with E-state index in [1.54, 1.807) is 20.2 Å². The molecule has 2 aromatic rings. The van der Waals surface area contributed by atoms with Crippen LogP contribution in [0.2, 0.25) is 0 Å². The van der Waals surface area contributed by atoms with Gasteiger partial charge in [0.1, 0.15) is 11.6 Å². The third-order valence-corrected chi connectivity index (χ3v) is 4.83. The standard InChI is InChI=1S/C23H33FN4O.HI/c1-17(19-7-9-21(29-5)10-8-19)12-13-26-23(25-2)27-15-18-6-11-22(24)20(14-18)16-28(3)4;/h6-11,14,17H,12-13,15-16H2,1-5H3,(H2,25,26,27);1H. The first-order valence-corrected chi connectivity index (χ1v) is 9.93. The molecule has 0 radical (unpaired) electrons. The van der Waals surface area contributed by atoms with Crippen molar-refractivity contribution in [3.63, 3.8) is 0 Å².